The highest BCUT2D eigenvalue weighted by Crippen LogP contribution is 2.42. The van der Waals surface area contributed by atoms with Crippen LogP contribution in [0.1, 0.15) is 21.2 Å². The lowest BCUT2D eigenvalue weighted by molar-refractivity contribution is 0.420. The van der Waals surface area contributed by atoms with E-state index >= 15 is 0 Å². The highest BCUT2D eigenvalue weighted by molar-refractivity contribution is 5.10. The number of rotatable bonds is 3. The summed E-state index contributed by atoms with van der Waals surface area (Å²) in [6.45, 7) is 4.54. The molecule has 0 aliphatic heterocycles. The molecule has 1 fully saturated rings. The lowest BCUT2D eigenvalue weighted by atomic mass is 9.94. The van der Waals surface area contributed by atoms with Crippen molar-refractivity contribution in [2.24, 2.45) is 17.8 Å². The van der Waals surface area contributed by atoms with Gasteiger partial charge >= 0.3 is 0 Å². The van der Waals surface area contributed by atoms with Gasteiger partial charge in [0.2, 0.25) is 0 Å². The lowest BCUT2D eigenvalue weighted by Gasteiger charge is -2.17. The zero-order valence-electron chi connectivity index (χ0n) is 7.22. The van der Waals surface area contributed by atoms with Crippen molar-refractivity contribution < 1.29 is 1.43 Å². The summed E-state index contributed by atoms with van der Waals surface area (Å²) in [5.74, 6) is 2.80. The summed E-state index contributed by atoms with van der Waals surface area (Å²) >= 11 is 0. The van der Waals surface area contributed by atoms with Crippen molar-refractivity contribution in [2.75, 3.05) is 13.1 Å². The summed E-state index contributed by atoms with van der Waals surface area (Å²) in [7, 11) is 0. The minimum absolute atomic E-state index is 0. The Morgan fingerprint density at radius 3 is 2.91 bits per heavy atom. The molecule has 1 N–H and O–H groups in total. The van der Waals surface area contributed by atoms with Crippen molar-refractivity contribution in [3.63, 3.8) is 0 Å². The Bertz CT molecular complexity index is 167. The third kappa shape index (κ3) is 1.34. The van der Waals surface area contributed by atoms with Crippen LogP contribution in [-0.4, -0.2) is 13.1 Å². The molecule has 0 spiro atoms. The van der Waals surface area contributed by atoms with Crippen LogP contribution in [0.5, 0.6) is 0 Å². The molecule has 2 aliphatic rings. The molecule has 0 saturated heterocycles. The third-order valence-electron chi connectivity index (χ3n) is 3.07. The number of nitrogens with one attached hydrogen (secondary N) is 1. The molecule has 64 valence electrons. The molecule has 2 aliphatic carbocycles. The Labute approximate surface area is 70.4 Å². The molecule has 1 saturated carbocycles. The minimum atomic E-state index is 0. The molecule has 11 heavy (non-hydrogen) atoms. The van der Waals surface area contributed by atoms with Gasteiger partial charge in [0.15, 0.2) is 0 Å². The van der Waals surface area contributed by atoms with Gasteiger partial charge in [-0.15, -0.1) is 0 Å². The van der Waals surface area contributed by atoms with E-state index in [-0.39, 0.29) is 1.43 Å². The molecule has 0 aromatic heterocycles. The van der Waals surface area contributed by atoms with Crippen LogP contribution in [0.25, 0.3) is 0 Å². The van der Waals surface area contributed by atoms with Crippen molar-refractivity contribution in [1.82, 2.24) is 5.32 Å². The number of fused-ring (bicyclic) bond motifs is 2. The second kappa shape index (κ2) is 2.98. The zero-order chi connectivity index (χ0) is 7.68. The van der Waals surface area contributed by atoms with Gasteiger partial charge in [-0.2, -0.15) is 0 Å². The predicted molar refractivity (Wildman–Crippen MR) is 49.5 cm³/mol. The molecule has 0 amide bonds. The number of allylic oxidation sites excluding steroid dienone is 2. The van der Waals surface area contributed by atoms with Gasteiger partial charge < -0.3 is 5.32 Å². The minimum Gasteiger partial charge on any atom is -0.317 e. The molecule has 3 unspecified atom stereocenters. The standard InChI is InChI=1S/C10H17N.H2/c1-2-11-7-10-6-8-3-4-9(10)5-8;/h3-4,8-11H,2,5-7H2,1H3;1H. The zero-order valence-corrected chi connectivity index (χ0v) is 7.22. The van der Waals surface area contributed by atoms with E-state index in [4.69, 9.17) is 0 Å². The van der Waals surface area contributed by atoms with E-state index in [9.17, 15) is 0 Å². The predicted octanol–water partition coefficient (Wildman–Crippen LogP) is 2.05. The van der Waals surface area contributed by atoms with Gasteiger partial charge in [-0.25, -0.2) is 0 Å². The van der Waals surface area contributed by atoms with Crippen molar-refractivity contribution in [3.05, 3.63) is 12.2 Å². The van der Waals surface area contributed by atoms with E-state index in [0.29, 0.717) is 0 Å². The monoisotopic (exact) mass is 153 g/mol. The van der Waals surface area contributed by atoms with Crippen molar-refractivity contribution in [3.8, 4) is 0 Å². The summed E-state index contributed by atoms with van der Waals surface area (Å²) < 4.78 is 0. The molecule has 1 heteroatoms. The molecule has 2 bridgehead atoms. The van der Waals surface area contributed by atoms with E-state index in [1.165, 1.54) is 19.4 Å². The Balaban J connectivity index is 0.000000720. The van der Waals surface area contributed by atoms with E-state index in [2.05, 4.69) is 24.4 Å². The Morgan fingerprint density at radius 2 is 2.36 bits per heavy atom. The smallest absolute Gasteiger partial charge is 0 e. The van der Waals surface area contributed by atoms with Crippen molar-refractivity contribution in [2.45, 2.75) is 19.8 Å². The Kier molecular flexibility index (Phi) is 1.99. The molecule has 1 nitrogen and oxygen atoms in total. The summed E-state index contributed by atoms with van der Waals surface area (Å²) in [5.41, 5.74) is 0. The van der Waals surface area contributed by atoms with E-state index in [1.807, 2.05) is 0 Å². The van der Waals surface area contributed by atoms with E-state index in [1.54, 1.807) is 0 Å². The van der Waals surface area contributed by atoms with Crippen LogP contribution in [0, 0.1) is 17.8 Å². The molecule has 3 atom stereocenters. The summed E-state index contributed by atoms with van der Waals surface area (Å²) in [6, 6.07) is 0. The summed E-state index contributed by atoms with van der Waals surface area (Å²) in [6.07, 6.45) is 7.72. The fraction of sp³-hybridized carbons (Fsp3) is 0.800. The Hall–Kier alpha value is -0.300. The van der Waals surface area contributed by atoms with Gasteiger partial charge in [0.1, 0.15) is 0 Å². The second-order valence-electron chi connectivity index (χ2n) is 3.85. The van der Waals surface area contributed by atoms with E-state index < -0.39 is 0 Å². The molecular weight excluding hydrogens is 134 g/mol. The fourth-order valence-corrected chi connectivity index (χ4v) is 2.46. The molecule has 0 aromatic rings. The van der Waals surface area contributed by atoms with Crippen LogP contribution in [0.3, 0.4) is 0 Å². The maximum absolute atomic E-state index is 3.44. The van der Waals surface area contributed by atoms with Gasteiger partial charge in [0, 0.05) is 1.43 Å². The quantitative estimate of drug-likeness (QED) is 0.612. The van der Waals surface area contributed by atoms with E-state index in [0.717, 1.165) is 24.3 Å². The highest BCUT2D eigenvalue weighted by Gasteiger charge is 2.34. The van der Waals surface area contributed by atoms with Crippen LogP contribution in [0.2, 0.25) is 0 Å². The maximum atomic E-state index is 3.44. The maximum Gasteiger partial charge on any atom is 0 e. The third-order valence-corrected chi connectivity index (χ3v) is 3.07. The molecule has 0 heterocycles. The average molecular weight is 153 g/mol. The first-order valence-electron chi connectivity index (χ1n) is 4.79. The van der Waals surface area contributed by atoms with Crippen LogP contribution in [0.15, 0.2) is 12.2 Å². The van der Waals surface area contributed by atoms with Crippen molar-refractivity contribution in [1.29, 1.82) is 0 Å². The topological polar surface area (TPSA) is 12.0 Å². The molecule has 0 radical (unpaired) electrons. The highest BCUT2D eigenvalue weighted by atomic mass is 14.8. The Morgan fingerprint density at radius 1 is 1.45 bits per heavy atom. The lowest BCUT2D eigenvalue weighted by Crippen LogP contribution is -2.24. The van der Waals surface area contributed by atoms with Crippen LogP contribution in [-0.2, 0) is 0 Å². The number of hydrogen-bond acceptors (Lipinski definition) is 1. The fourth-order valence-electron chi connectivity index (χ4n) is 2.46. The molecule has 0 aromatic carbocycles. The van der Waals surface area contributed by atoms with Crippen LogP contribution < -0.4 is 5.32 Å². The van der Waals surface area contributed by atoms with Crippen molar-refractivity contribution >= 4 is 0 Å². The summed E-state index contributed by atoms with van der Waals surface area (Å²) in [5, 5.41) is 3.44. The van der Waals surface area contributed by atoms with Gasteiger partial charge in [0.05, 0.1) is 0 Å². The van der Waals surface area contributed by atoms with Gasteiger partial charge in [0.25, 0.3) is 0 Å². The van der Waals surface area contributed by atoms with Gasteiger partial charge in [-0.3, -0.25) is 0 Å². The average Bonchev–Trinajstić information content (AvgIpc) is 2.60. The van der Waals surface area contributed by atoms with Crippen LogP contribution >= 0.6 is 0 Å². The first-order valence-corrected chi connectivity index (χ1v) is 4.79. The number of hydrogen-bond donors (Lipinski definition) is 1. The SMILES string of the molecule is CCNCC1CC2C=CC1C2.[HH]. The molecule has 2 rings (SSSR count). The van der Waals surface area contributed by atoms with Gasteiger partial charge in [-0.05, 0) is 43.7 Å². The van der Waals surface area contributed by atoms with Gasteiger partial charge in [-0.1, -0.05) is 19.1 Å². The normalized spacial score (nSPS) is 40.3. The largest absolute Gasteiger partial charge is 0.317 e. The van der Waals surface area contributed by atoms with Crippen LogP contribution in [0.4, 0.5) is 0 Å². The summed E-state index contributed by atoms with van der Waals surface area (Å²) in [4.78, 5) is 0. The first kappa shape index (κ1) is 7.35. The second-order valence-corrected chi connectivity index (χ2v) is 3.85. The first-order chi connectivity index (χ1) is 5.40. The molecular formula is C10H19N.